The van der Waals surface area contributed by atoms with Crippen LogP contribution in [0.5, 0.6) is 0 Å². The van der Waals surface area contributed by atoms with Gasteiger partial charge in [0.05, 0.1) is 0 Å². The molecule has 0 radical (unpaired) electrons. The molecule has 1 aliphatic rings. The minimum absolute atomic E-state index is 0.0428. The predicted octanol–water partition coefficient (Wildman–Crippen LogP) is 3.31. The molecule has 1 aliphatic carbocycles. The number of benzene rings is 1. The molecule has 0 aromatic heterocycles. The first-order chi connectivity index (χ1) is 9.43. The summed E-state index contributed by atoms with van der Waals surface area (Å²) in [7, 11) is 0. The van der Waals surface area contributed by atoms with Crippen molar-refractivity contribution in [3.05, 3.63) is 29.1 Å². The first-order valence-corrected chi connectivity index (χ1v) is 6.44. The first kappa shape index (κ1) is 15.0. The van der Waals surface area contributed by atoms with Gasteiger partial charge in [0.1, 0.15) is 5.69 Å². The standard InChI is InChI=1S/C13H15F5N2/c14-8-9(15)11(17)13(12(18)10(8)16)20-5-6-3-1-2-4-7(6)19/h6-7,20H,1-5,19H2. The van der Waals surface area contributed by atoms with Crippen LogP contribution in [0.25, 0.3) is 0 Å². The first-order valence-electron chi connectivity index (χ1n) is 6.44. The molecule has 2 rings (SSSR count). The Morgan fingerprint density at radius 1 is 0.850 bits per heavy atom. The Morgan fingerprint density at radius 2 is 1.35 bits per heavy atom. The van der Waals surface area contributed by atoms with Gasteiger partial charge < -0.3 is 11.1 Å². The van der Waals surface area contributed by atoms with Crippen molar-refractivity contribution in [1.29, 1.82) is 0 Å². The summed E-state index contributed by atoms with van der Waals surface area (Å²) in [6.07, 6.45) is 3.49. The highest BCUT2D eigenvalue weighted by atomic mass is 19.2. The lowest BCUT2D eigenvalue weighted by Crippen LogP contribution is -2.37. The number of hydrogen-bond acceptors (Lipinski definition) is 2. The molecular weight excluding hydrogens is 279 g/mol. The van der Waals surface area contributed by atoms with E-state index in [9.17, 15) is 22.0 Å². The maximum atomic E-state index is 13.4. The van der Waals surface area contributed by atoms with E-state index >= 15 is 0 Å². The molecule has 112 valence electrons. The van der Waals surface area contributed by atoms with Crippen LogP contribution in [-0.4, -0.2) is 12.6 Å². The SMILES string of the molecule is NC1CCCCC1CNc1c(F)c(F)c(F)c(F)c1F. The molecule has 0 bridgehead atoms. The average molecular weight is 294 g/mol. The second-order valence-corrected chi connectivity index (χ2v) is 5.03. The Morgan fingerprint density at radius 3 is 1.90 bits per heavy atom. The molecule has 0 aliphatic heterocycles. The summed E-state index contributed by atoms with van der Waals surface area (Å²) in [6.45, 7) is 0.0829. The minimum atomic E-state index is -2.15. The summed E-state index contributed by atoms with van der Waals surface area (Å²) in [5.74, 6) is -9.77. The van der Waals surface area contributed by atoms with Crippen molar-refractivity contribution in [2.24, 2.45) is 11.7 Å². The van der Waals surface area contributed by atoms with E-state index < -0.39 is 34.8 Å². The summed E-state index contributed by atoms with van der Waals surface area (Å²) in [4.78, 5) is 0. The lowest BCUT2D eigenvalue weighted by atomic mass is 9.85. The Kier molecular flexibility index (Phi) is 4.47. The molecule has 2 atom stereocenters. The zero-order chi connectivity index (χ0) is 14.9. The maximum Gasteiger partial charge on any atom is 0.200 e. The highest BCUT2D eigenvalue weighted by molar-refractivity contribution is 5.47. The quantitative estimate of drug-likeness (QED) is 0.510. The van der Waals surface area contributed by atoms with Crippen molar-refractivity contribution < 1.29 is 22.0 Å². The molecule has 1 fully saturated rings. The molecule has 0 amide bonds. The van der Waals surface area contributed by atoms with E-state index in [-0.39, 0.29) is 18.5 Å². The summed E-state index contributed by atoms with van der Waals surface area (Å²) < 4.78 is 65.8. The van der Waals surface area contributed by atoms with Crippen LogP contribution in [-0.2, 0) is 0 Å². The number of nitrogens with two attached hydrogens (primary N) is 1. The van der Waals surface area contributed by atoms with Gasteiger partial charge in [-0.05, 0) is 18.8 Å². The van der Waals surface area contributed by atoms with Gasteiger partial charge in [-0.2, -0.15) is 0 Å². The maximum absolute atomic E-state index is 13.4. The third-order valence-electron chi connectivity index (χ3n) is 3.72. The highest BCUT2D eigenvalue weighted by Crippen LogP contribution is 2.29. The Balaban J connectivity index is 2.17. The fourth-order valence-corrected chi connectivity index (χ4v) is 2.48. The molecule has 2 nitrogen and oxygen atoms in total. The number of hydrogen-bond donors (Lipinski definition) is 2. The van der Waals surface area contributed by atoms with Gasteiger partial charge in [-0.25, -0.2) is 22.0 Å². The molecular formula is C13H15F5N2. The molecule has 0 saturated heterocycles. The summed E-state index contributed by atoms with van der Waals surface area (Å²) in [6, 6.07) is -0.127. The van der Waals surface area contributed by atoms with Crippen molar-refractivity contribution in [1.82, 2.24) is 0 Å². The fourth-order valence-electron chi connectivity index (χ4n) is 2.48. The Bertz CT molecular complexity index is 477. The van der Waals surface area contributed by atoms with Crippen LogP contribution >= 0.6 is 0 Å². The lowest BCUT2D eigenvalue weighted by molar-refractivity contribution is 0.319. The van der Waals surface area contributed by atoms with Crippen LogP contribution in [0.15, 0.2) is 0 Å². The monoisotopic (exact) mass is 294 g/mol. The second kappa shape index (κ2) is 5.95. The molecule has 2 unspecified atom stereocenters. The molecule has 1 saturated carbocycles. The van der Waals surface area contributed by atoms with Crippen molar-refractivity contribution in [3.63, 3.8) is 0 Å². The van der Waals surface area contributed by atoms with Gasteiger partial charge in [-0.3, -0.25) is 0 Å². The van der Waals surface area contributed by atoms with E-state index in [1.54, 1.807) is 0 Å². The smallest absolute Gasteiger partial charge is 0.200 e. The van der Waals surface area contributed by atoms with Gasteiger partial charge in [-0.1, -0.05) is 12.8 Å². The van der Waals surface area contributed by atoms with E-state index in [1.807, 2.05) is 0 Å². The number of rotatable bonds is 3. The largest absolute Gasteiger partial charge is 0.380 e. The van der Waals surface area contributed by atoms with E-state index in [4.69, 9.17) is 5.73 Å². The van der Waals surface area contributed by atoms with Crippen LogP contribution in [0.4, 0.5) is 27.6 Å². The fraction of sp³-hybridized carbons (Fsp3) is 0.538. The summed E-state index contributed by atoms with van der Waals surface area (Å²) in [5.41, 5.74) is 4.88. The molecule has 3 N–H and O–H groups in total. The zero-order valence-electron chi connectivity index (χ0n) is 10.7. The van der Waals surface area contributed by atoms with E-state index in [1.165, 1.54) is 0 Å². The topological polar surface area (TPSA) is 38.0 Å². The number of nitrogens with one attached hydrogen (secondary N) is 1. The molecule has 0 spiro atoms. The van der Waals surface area contributed by atoms with Crippen molar-refractivity contribution in [3.8, 4) is 0 Å². The molecule has 0 heterocycles. The third kappa shape index (κ3) is 2.72. The minimum Gasteiger partial charge on any atom is -0.380 e. The molecule has 1 aromatic carbocycles. The lowest BCUT2D eigenvalue weighted by Gasteiger charge is -2.29. The Hall–Kier alpha value is -1.37. The number of anilines is 1. The van der Waals surface area contributed by atoms with Crippen LogP contribution < -0.4 is 11.1 Å². The van der Waals surface area contributed by atoms with E-state index in [0.29, 0.717) is 0 Å². The van der Waals surface area contributed by atoms with Crippen molar-refractivity contribution >= 4 is 5.69 Å². The van der Waals surface area contributed by atoms with E-state index in [2.05, 4.69) is 5.32 Å². The van der Waals surface area contributed by atoms with Gasteiger partial charge >= 0.3 is 0 Å². The summed E-state index contributed by atoms with van der Waals surface area (Å²) >= 11 is 0. The third-order valence-corrected chi connectivity index (χ3v) is 3.72. The summed E-state index contributed by atoms with van der Waals surface area (Å²) in [5, 5.41) is 2.31. The van der Waals surface area contributed by atoms with Gasteiger partial charge in [0.2, 0.25) is 5.82 Å². The molecule has 20 heavy (non-hydrogen) atoms. The zero-order valence-corrected chi connectivity index (χ0v) is 10.7. The van der Waals surface area contributed by atoms with Gasteiger partial charge in [0.15, 0.2) is 23.3 Å². The van der Waals surface area contributed by atoms with Crippen molar-refractivity contribution in [2.45, 2.75) is 31.7 Å². The van der Waals surface area contributed by atoms with Gasteiger partial charge in [-0.15, -0.1) is 0 Å². The normalized spacial score (nSPS) is 22.9. The highest BCUT2D eigenvalue weighted by Gasteiger charge is 2.27. The second-order valence-electron chi connectivity index (χ2n) is 5.03. The predicted molar refractivity (Wildman–Crippen MR) is 64.7 cm³/mol. The van der Waals surface area contributed by atoms with Crippen LogP contribution in [0.1, 0.15) is 25.7 Å². The van der Waals surface area contributed by atoms with Crippen molar-refractivity contribution in [2.75, 3.05) is 11.9 Å². The number of halogens is 5. The van der Waals surface area contributed by atoms with Crippen LogP contribution in [0, 0.1) is 35.0 Å². The molecule has 1 aromatic rings. The average Bonchev–Trinajstić information content (AvgIpc) is 2.45. The van der Waals surface area contributed by atoms with Crippen LogP contribution in [0.2, 0.25) is 0 Å². The Labute approximate surface area is 113 Å². The van der Waals surface area contributed by atoms with Gasteiger partial charge in [0.25, 0.3) is 0 Å². The molecule has 7 heteroatoms. The van der Waals surface area contributed by atoms with Crippen LogP contribution in [0.3, 0.4) is 0 Å². The van der Waals surface area contributed by atoms with E-state index in [0.717, 1.165) is 25.7 Å². The van der Waals surface area contributed by atoms with Gasteiger partial charge in [0, 0.05) is 12.6 Å².